The molecule has 0 aromatic heterocycles. The van der Waals surface area contributed by atoms with Gasteiger partial charge in [0, 0.05) is 11.3 Å². The standard InChI is InChI=1S/C13H17NS/c1-10(2)13(8-9-14)11-4-6-12(15-3)7-5-11/h4-7,10,13H,8H2,1-3H3. The lowest BCUT2D eigenvalue weighted by molar-refractivity contribution is 0.506. The summed E-state index contributed by atoms with van der Waals surface area (Å²) in [5.74, 6) is 0.885. The van der Waals surface area contributed by atoms with Crippen molar-refractivity contribution in [2.24, 2.45) is 5.92 Å². The highest BCUT2D eigenvalue weighted by Gasteiger charge is 2.14. The van der Waals surface area contributed by atoms with Crippen LogP contribution in [0, 0.1) is 17.2 Å². The second-order valence-corrected chi connectivity index (χ2v) is 4.87. The average molecular weight is 219 g/mol. The Labute approximate surface area is 96.5 Å². The maximum Gasteiger partial charge on any atom is 0.0628 e. The highest BCUT2D eigenvalue weighted by molar-refractivity contribution is 7.98. The van der Waals surface area contributed by atoms with Crippen LogP contribution in [0.15, 0.2) is 29.2 Å². The second kappa shape index (κ2) is 5.82. The van der Waals surface area contributed by atoms with E-state index in [1.807, 2.05) is 0 Å². The molecule has 0 saturated carbocycles. The Kier molecular flexibility index (Phi) is 4.71. The molecule has 1 aromatic rings. The van der Waals surface area contributed by atoms with E-state index in [4.69, 9.17) is 5.26 Å². The molecule has 0 aliphatic carbocycles. The minimum absolute atomic E-state index is 0.367. The van der Waals surface area contributed by atoms with E-state index in [9.17, 15) is 0 Å². The van der Waals surface area contributed by atoms with Gasteiger partial charge in [-0.3, -0.25) is 0 Å². The first-order valence-corrected chi connectivity index (χ1v) is 6.42. The van der Waals surface area contributed by atoms with Crippen molar-refractivity contribution in [3.05, 3.63) is 29.8 Å². The van der Waals surface area contributed by atoms with Gasteiger partial charge in [0.2, 0.25) is 0 Å². The predicted octanol–water partition coefficient (Wildman–Crippen LogP) is 4.06. The molecular weight excluding hydrogens is 202 g/mol. The summed E-state index contributed by atoms with van der Waals surface area (Å²) in [6, 6.07) is 10.8. The Morgan fingerprint density at radius 2 is 1.87 bits per heavy atom. The molecule has 0 N–H and O–H groups in total. The third-order valence-electron chi connectivity index (χ3n) is 2.66. The van der Waals surface area contributed by atoms with Crippen molar-refractivity contribution in [2.45, 2.75) is 31.1 Å². The lowest BCUT2D eigenvalue weighted by Crippen LogP contribution is -2.05. The molecule has 0 amide bonds. The summed E-state index contributed by atoms with van der Waals surface area (Å²) in [6.07, 6.45) is 2.68. The fourth-order valence-electron chi connectivity index (χ4n) is 1.69. The molecular formula is C13H17NS. The highest BCUT2D eigenvalue weighted by atomic mass is 32.2. The molecule has 0 radical (unpaired) electrons. The van der Waals surface area contributed by atoms with Gasteiger partial charge in [-0.1, -0.05) is 26.0 Å². The van der Waals surface area contributed by atoms with Crippen LogP contribution < -0.4 is 0 Å². The zero-order valence-electron chi connectivity index (χ0n) is 9.53. The van der Waals surface area contributed by atoms with Crippen LogP contribution in [0.5, 0.6) is 0 Å². The van der Waals surface area contributed by atoms with Gasteiger partial charge < -0.3 is 0 Å². The minimum atomic E-state index is 0.367. The molecule has 1 rings (SSSR count). The van der Waals surface area contributed by atoms with Gasteiger partial charge in [-0.2, -0.15) is 5.26 Å². The molecule has 80 valence electrons. The van der Waals surface area contributed by atoms with Gasteiger partial charge in [-0.05, 0) is 35.8 Å². The van der Waals surface area contributed by atoms with Crippen LogP contribution in [0.3, 0.4) is 0 Å². The van der Waals surface area contributed by atoms with Crippen LogP contribution in [0.2, 0.25) is 0 Å². The number of nitriles is 1. The molecule has 15 heavy (non-hydrogen) atoms. The molecule has 0 bridgehead atoms. The first-order valence-electron chi connectivity index (χ1n) is 5.20. The average Bonchev–Trinajstić information content (AvgIpc) is 2.26. The molecule has 2 heteroatoms. The maximum atomic E-state index is 8.79. The van der Waals surface area contributed by atoms with E-state index in [1.54, 1.807) is 11.8 Å². The quantitative estimate of drug-likeness (QED) is 0.713. The fourth-order valence-corrected chi connectivity index (χ4v) is 2.10. The number of rotatable bonds is 4. The first-order chi connectivity index (χ1) is 7.19. The largest absolute Gasteiger partial charge is 0.198 e. The van der Waals surface area contributed by atoms with Gasteiger partial charge in [0.25, 0.3) is 0 Å². The van der Waals surface area contributed by atoms with Crippen molar-refractivity contribution in [2.75, 3.05) is 6.26 Å². The lowest BCUT2D eigenvalue weighted by atomic mass is 9.86. The zero-order valence-corrected chi connectivity index (χ0v) is 10.3. The van der Waals surface area contributed by atoms with Crippen molar-refractivity contribution < 1.29 is 0 Å². The number of hydrogen-bond acceptors (Lipinski definition) is 2. The smallest absolute Gasteiger partial charge is 0.0628 e. The van der Waals surface area contributed by atoms with Gasteiger partial charge >= 0.3 is 0 Å². The van der Waals surface area contributed by atoms with Gasteiger partial charge in [0.05, 0.1) is 6.07 Å². The van der Waals surface area contributed by atoms with Crippen molar-refractivity contribution in [3.63, 3.8) is 0 Å². The number of thioether (sulfide) groups is 1. The Bertz CT molecular complexity index is 335. The summed E-state index contributed by atoms with van der Waals surface area (Å²) in [5.41, 5.74) is 1.28. The van der Waals surface area contributed by atoms with Crippen molar-refractivity contribution in [3.8, 4) is 6.07 Å². The molecule has 0 spiro atoms. The van der Waals surface area contributed by atoms with Crippen LogP contribution in [-0.2, 0) is 0 Å². The molecule has 0 saturated heterocycles. The molecule has 1 unspecified atom stereocenters. The van der Waals surface area contributed by atoms with Gasteiger partial charge in [-0.15, -0.1) is 11.8 Å². The Morgan fingerprint density at radius 3 is 2.27 bits per heavy atom. The van der Waals surface area contributed by atoms with Crippen LogP contribution in [-0.4, -0.2) is 6.26 Å². The predicted molar refractivity (Wildman–Crippen MR) is 66.0 cm³/mol. The van der Waals surface area contributed by atoms with Gasteiger partial charge in [0.15, 0.2) is 0 Å². The summed E-state index contributed by atoms with van der Waals surface area (Å²) >= 11 is 1.75. The normalized spacial score (nSPS) is 12.5. The van der Waals surface area contributed by atoms with Gasteiger partial charge in [-0.25, -0.2) is 0 Å². The Morgan fingerprint density at radius 1 is 1.27 bits per heavy atom. The van der Waals surface area contributed by atoms with E-state index >= 15 is 0 Å². The number of benzene rings is 1. The number of nitrogens with zero attached hydrogens (tertiary/aromatic N) is 1. The molecule has 0 aliphatic rings. The molecule has 1 nitrogen and oxygen atoms in total. The van der Waals surface area contributed by atoms with Crippen LogP contribution in [0.1, 0.15) is 31.7 Å². The van der Waals surface area contributed by atoms with Crippen LogP contribution in [0.25, 0.3) is 0 Å². The van der Waals surface area contributed by atoms with Crippen LogP contribution in [0.4, 0.5) is 0 Å². The maximum absolute atomic E-state index is 8.79. The molecule has 0 aliphatic heterocycles. The van der Waals surface area contributed by atoms with Crippen molar-refractivity contribution in [1.82, 2.24) is 0 Å². The summed E-state index contributed by atoms with van der Waals surface area (Å²) in [5, 5.41) is 8.79. The first kappa shape index (κ1) is 12.1. The summed E-state index contributed by atoms with van der Waals surface area (Å²) in [7, 11) is 0. The van der Waals surface area contributed by atoms with E-state index < -0.39 is 0 Å². The Balaban J connectivity index is 2.87. The van der Waals surface area contributed by atoms with Crippen molar-refractivity contribution in [1.29, 1.82) is 5.26 Å². The molecule has 1 atom stereocenters. The monoisotopic (exact) mass is 219 g/mol. The van der Waals surface area contributed by atoms with Gasteiger partial charge in [0.1, 0.15) is 0 Å². The van der Waals surface area contributed by atoms with Crippen molar-refractivity contribution >= 4 is 11.8 Å². The van der Waals surface area contributed by atoms with E-state index in [0.717, 1.165) is 0 Å². The van der Waals surface area contributed by atoms with Crippen LogP contribution >= 0.6 is 11.8 Å². The SMILES string of the molecule is CSc1ccc(C(CC#N)C(C)C)cc1. The van der Waals surface area contributed by atoms with E-state index in [2.05, 4.69) is 50.4 Å². The van der Waals surface area contributed by atoms with E-state index in [-0.39, 0.29) is 0 Å². The summed E-state index contributed by atoms with van der Waals surface area (Å²) < 4.78 is 0. The Hall–Kier alpha value is -0.940. The summed E-state index contributed by atoms with van der Waals surface area (Å²) in [6.45, 7) is 4.34. The van der Waals surface area contributed by atoms with E-state index in [0.29, 0.717) is 18.3 Å². The zero-order chi connectivity index (χ0) is 11.3. The number of hydrogen-bond donors (Lipinski definition) is 0. The molecule has 0 fully saturated rings. The lowest BCUT2D eigenvalue weighted by Gasteiger charge is -2.18. The minimum Gasteiger partial charge on any atom is -0.198 e. The molecule has 1 aromatic carbocycles. The topological polar surface area (TPSA) is 23.8 Å². The molecule has 0 heterocycles. The second-order valence-electron chi connectivity index (χ2n) is 3.99. The third kappa shape index (κ3) is 3.28. The fraction of sp³-hybridized carbons (Fsp3) is 0.462. The highest BCUT2D eigenvalue weighted by Crippen LogP contribution is 2.28. The summed E-state index contributed by atoms with van der Waals surface area (Å²) in [4.78, 5) is 1.28. The van der Waals surface area contributed by atoms with E-state index in [1.165, 1.54) is 10.5 Å². The third-order valence-corrected chi connectivity index (χ3v) is 3.40.